The number of aryl methyl sites for hydroxylation is 1. The van der Waals surface area contributed by atoms with Crippen molar-refractivity contribution in [2.24, 2.45) is 0 Å². The number of hydrogen-bond acceptors (Lipinski definition) is 4. The van der Waals surface area contributed by atoms with E-state index >= 15 is 0 Å². The molecule has 1 N–H and O–H groups in total. The molecule has 0 radical (unpaired) electrons. The van der Waals surface area contributed by atoms with Crippen molar-refractivity contribution in [2.45, 2.75) is 13.5 Å². The third kappa shape index (κ3) is 3.71. The second kappa shape index (κ2) is 7.40. The van der Waals surface area contributed by atoms with Gasteiger partial charge in [0.05, 0.1) is 13.2 Å². The van der Waals surface area contributed by atoms with E-state index in [4.69, 9.17) is 4.74 Å². The van der Waals surface area contributed by atoms with Gasteiger partial charge in [0.25, 0.3) is 5.91 Å². The van der Waals surface area contributed by atoms with Crippen LogP contribution in [0.3, 0.4) is 0 Å². The monoisotopic (exact) mass is 329 g/mol. The number of ether oxygens (including phenoxy) is 1. The van der Waals surface area contributed by atoms with E-state index in [-0.39, 0.29) is 11.7 Å². The maximum Gasteiger partial charge on any atom is 0.251 e. The molecule has 2 heterocycles. The van der Waals surface area contributed by atoms with Gasteiger partial charge in [0.2, 0.25) is 0 Å². The molecule has 6 heteroatoms. The lowest BCUT2D eigenvalue weighted by molar-refractivity contribution is 0.0950. The molecule has 1 aromatic carbocycles. The number of carbonyl (C=O) groups excluding carboxylic acids is 1. The molecule has 0 unspecified atom stereocenters. The summed E-state index contributed by atoms with van der Waals surface area (Å²) in [6.07, 6.45) is 1.74. The maximum atomic E-state index is 13.6. The number of morpholine rings is 1. The van der Waals surface area contributed by atoms with Gasteiger partial charge in [-0.15, -0.1) is 0 Å². The number of hydrogen-bond donors (Lipinski definition) is 1. The van der Waals surface area contributed by atoms with Gasteiger partial charge in [0.1, 0.15) is 11.6 Å². The number of aromatic nitrogens is 1. The highest BCUT2D eigenvalue weighted by molar-refractivity contribution is 5.94. The number of pyridine rings is 1. The van der Waals surface area contributed by atoms with E-state index in [1.54, 1.807) is 25.3 Å². The van der Waals surface area contributed by atoms with Gasteiger partial charge in [-0.2, -0.15) is 0 Å². The molecule has 0 bridgehead atoms. The van der Waals surface area contributed by atoms with Crippen LogP contribution in [0.5, 0.6) is 0 Å². The molecular formula is C18H20FN3O2. The second-order valence-electron chi connectivity index (χ2n) is 5.73. The van der Waals surface area contributed by atoms with Crippen molar-refractivity contribution in [3.8, 4) is 0 Å². The van der Waals surface area contributed by atoms with Crippen LogP contribution in [0.15, 0.2) is 36.5 Å². The molecule has 0 saturated carbocycles. The van der Waals surface area contributed by atoms with Gasteiger partial charge in [-0.1, -0.05) is 12.1 Å². The van der Waals surface area contributed by atoms with Crippen LogP contribution in [0, 0.1) is 12.7 Å². The van der Waals surface area contributed by atoms with E-state index in [2.05, 4.69) is 15.2 Å². The molecule has 3 rings (SSSR count). The lowest BCUT2D eigenvalue weighted by atomic mass is 10.1. The third-order valence-corrected chi connectivity index (χ3v) is 4.05. The smallest absolute Gasteiger partial charge is 0.251 e. The first-order valence-corrected chi connectivity index (χ1v) is 7.96. The minimum absolute atomic E-state index is 0.300. The largest absolute Gasteiger partial charge is 0.378 e. The predicted molar refractivity (Wildman–Crippen MR) is 89.6 cm³/mol. The quantitative estimate of drug-likeness (QED) is 0.935. The van der Waals surface area contributed by atoms with Crippen LogP contribution in [0.1, 0.15) is 21.5 Å². The van der Waals surface area contributed by atoms with Crippen LogP contribution in [-0.4, -0.2) is 37.2 Å². The number of amides is 1. The van der Waals surface area contributed by atoms with Gasteiger partial charge in [-0.05, 0) is 30.7 Å². The molecule has 0 aliphatic carbocycles. The summed E-state index contributed by atoms with van der Waals surface area (Å²) in [5.74, 6) is 0.180. The zero-order valence-electron chi connectivity index (χ0n) is 13.6. The Hall–Kier alpha value is -2.47. The Morgan fingerprint density at radius 3 is 2.88 bits per heavy atom. The SMILES string of the molecule is Cc1ccc(C(=O)NCc2cccnc2N2CCOCC2)cc1F. The van der Waals surface area contributed by atoms with Crippen molar-refractivity contribution in [3.63, 3.8) is 0 Å². The summed E-state index contributed by atoms with van der Waals surface area (Å²) in [5, 5.41) is 2.84. The fourth-order valence-corrected chi connectivity index (χ4v) is 2.64. The summed E-state index contributed by atoms with van der Waals surface area (Å²) < 4.78 is 19.0. The summed E-state index contributed by atoms with van der Waals surface area (Å²) in [5.41, 5.74) is 1.77. The van der Waals surface area contributed by atoms with Gasteiger partial charge in [-0.25, -0.2) is 9.37 Å². The Labute approximate surface area is 140 Å². The number of halogens is 1. The van der Waals surface area contributed by atoms with Gasteiger partial charge in [0, 0.05) is 37.0 Å². The molecular weight excluding hydrogens is 309 g/mol. The Kier molecular flexibility index (Phi) is 5.05. The van der Waals surface area contributed by atoms with Crippen LogP contribution in [0.25, 0.3) is 0 Å². The van der Waals surface area contributed by atoms with E-state index in [9.17, 15) is 9.18 Å². The average molecular weight is 329 g/mol. The first-order chi connectivity index (χ1) is 11.6. The number of rotatable bonds is 4. The summed E-state index contributed by atoms with van der Waals surface area (Å²) in [6.45, 7) is 4.91. The topological polar surface area (TPSA) is 54.5 Å². The van der Waals surface area contributed by atoms with Crippen molar-refractivity contribution in [2.75, 3.05) is 31.2 Å². The van der Waals surface area contributed by atoms with Gasteiger partial charge >= 0.3 is 0 Å². The number of anilines is 1. The molecule has 126 valence electrons. The first kappa shape index (κ1) is 16.4. The molecule has 1 fully saturated rings. The van der Waals surface area contributed by atoms with Crippen LogP contribution in [0.2, 0.25) is 0 Å². The molecule has 1 aliphatic rings. The van der Waals surface area contributed by atoms with Gasteiger partial charge < -0.3 is 15.0 Å². The van der Waals surface area contributed by atoms with E-state index < -0.39 is 0 Å². The highest BCUT2D eigenvalue weighted by atomic mass is 19.1. The molecule has 5 nitrogen and oxygen atoms in total. The number of nitrogens with one attached hydrogen (secondary N) is 1. The molecule has 24 heavy (non-hydrogen) atoms. The lowest BCUT2D eigenvalue weighted by Gasteiger charge is -2.29. The van der Waals surface area contributed by atoms with Crippen molar-refractivity contribution in [3.05, 3.63) is 59.0 Å². The highest BCUT2D eigenvalue weighted by Gasteiger charge is 2.16. The molecule has 2 aromatic rings. The van der Waals surface area contributed by atoms with Gasteiger partial charge in [0.15, 0.2) is 0 Å². The number of nitrogens with zero attached hydrogens (tertiary/aromatic N) is 2. The minimum Gasteiger partial charge on any atom is -0.378 e. The van der Waals surface area contributed by atoms with Crippen LogP contribution < -0.4 is 10.2 Å². The van der Waals surface area contributed by atoms with Crippen molar-refractivity contribution >= 4 is 11.7 Å². The molecule has 1 aromatic heterocycles. The molecule has 1 aliphatic heterocycles. The summed E-state index contributed by atoms with van der Waals surface area (Å²) in [7, 11) is 0. The number of carbonyl (C=O) groups is 1. The number of benzene rings is 1. The molecule has 1 saturated heterocycles. The second-order valence-corrected chi connectivity index (χ2v) is 5.73. The molecule has 1 amide bonds. The standard InChI is InChI=1S/C18H20FN3O2/c1-13-4-5-14(11-16(13)19)18(23)21-12-15-3-2-6-20-17(15)22-7-9-24-10-8-22/h2-6,11H,7-10,12H2,1H3,(H,21,23). The zero-order valence-corrected chi connectivity index (χ0v) is 13.6. The minimum atomic E-state index is -0.377. The Bertz CT molecular complexity index is 730. The van der Waals surface area contributed by atoms with E-state index in [0.717, 1.165) is 24.5 Å². The summed E-state index contributed by atoms with van der Waals surface area (Å²) in [4.78, 5) is 18.8. The summed E-state index contributed by atoms with van der Waals surface area (Å²) >= 11 is 0. The Morgan fingerprint density at radius 1 is 1.33 bits per heavy atom. The van der Waals surface area contributed by atoms with E-state index in [0.29, 0.717) is 30.9 Å². The maximum absolute atomic E-state index is 13.6. The normalized spacial score (nSPS) is 14.5. The highest BCUT2D eigenvalue weighted by Crippen LogP contribution is 2.18. The van der Waals surface area contributed by atoms with Crippen LogP contribution >= 0.6 is 0 Å². The molecule has 0 spiro atoms. The predicted octanol–water partition coefficient (Wildman–Crippen LogP) is 2.30. The van der Waals surface area contributed by atoms with Crippen molar-refractivity contribution < 1.29 is 13.9 Å². The first-order valence-electron chi connectivity index (χ1n) is 7.96. The van der Waals surface area contributed by atoms with Crippen LogP contribution in [0.4, 0.5) is 10.2 Å². The molecule has 0 atom stereocenters. The lowest BCUT2D eigenvalue weighted by Crippen LogP contribution is -2.37. The fourth-order valence-electron chi connectivity index (χ4n) is 2.64. The Morgan fingerprint density at radius 2 is 2.12 bits per heavy atom. The Balaban J connectivity index is 1.70. The zero-order chi connectivity index (χ0) is 16.9. The van der Waals surface area contributed by atoms with Crippen LogP contribution in [-0.2, 0) is 11.3 Å². The third-order valence-electron chi connectivity index (χ3n) is 4.05. The van der Waals surface area contributed by atoms with E-state index in [1.807, 2.05) is 12.1 Å². The van der Waals surface area contributed by atoms with E-state index in [1.165, 1.54) is 6.07 Å². The average Bonchev–Trinajstić information content (AvgIpc) is 2.63. The summed E-state index contributed by atoms with van der Waals surface area (Å²) in [6, 6.07) is 8.27. The fraction of sp³-hybridized carbons (Fsp3) is 0.333. The van der Waals surface area contributed by atoms with Crippen molar-refractivity contribution in [1.82, 2.24) is 10.3 Å². The van der Waals surface area contributed by atoms with Gasteiger partial charge in [-0.3, -0.25) is 4.79 Å². The van der Waals surface area contributed by atoms with Crippen molar-refractivity contribution in [1.29, 1.82) is 0 Å².